The summed E-state index contributed by atoms with van der Waals surface area (Å²) in [5.41, 5.74) is 2.71. The van der Waals surface area contributed by atoms with Crippen LogP contribution in [-0.2, 0) is 110 Å². The van der Waals surface area contributed by atoms with Crippen LogP contribution in [0.15, 0.2) is 175 Å². The van der Waals surface area contributed by atoms with Crippen LogP contribution in [0, 0.1) is 13.8 Å². The Labute approximate surface area is 591 Å². The van der Waals surface area contributed by atoms with Gasteiger partial charge in [-0.05, 0) is 65.9 Å². The minimum absolute atomic E-state index is 0.0318. The molecule has 0 aromatic heterocycles. The molecule has 528 valence electrons. The predicted molar refractivity (Wildman–Crippen MR) is 358 cm³/mol. The van der Waals surface area contributed by atoms with Gasteiger partial charge in [0, 0.05) is 32.6 Å². The third-order valence-electron chi connectivity index (χ3n) is 15.6. The molecule has 0 unspecified atom stereocenters. The summed E-state index contributed by atoms with van der Waals surface area (Å²) in [5, 5.41) is 2.85. The lowest BCUT2D eigenvalue weighted by molar-refractivity contribution is -0.374. The number of alkyl halides is 3. The molecule has 3 aliphatic rings. The third-order valence-corrected chi connectivity index (χ3v) is 17.5. The molecule has 3 fully saturated rings. The highest BCUT2D eigenvalue weighted by Gasteiger charge is 2.59. The number of hydrogen-bond donors (Lipinski definition) is 1. The molecule has 3 heterocycles. The van der Waals surface area contributed by atoms with Gasteiger partial charge in [0.05, 0.1) is 44.2 Å². The molecule has 3 saturated heterocycles. The number of ether oxygens (including phenoxy) is 15. The molecule has 0 bridgehead atoms. The number of benzene rings is 6. The second-order valence-corrected chi connectivity index (χ2v) is 26.9. The zero-order chi connectivity index (χ0) is 70.6. The van der Waals surface area contributed by atoms with Crippen molar-refractivity contribution < 1.29 is 105 Å². The number of aryl methyl sites for hydroxylation is 2. The Morgan fingerprint density at radius 3 is 1.32 bits per heavy atom. The first-order chi connectivity index (χ1) is 47.6. The van der Waals surface area contributed by atoms with Crippen LogP contribution in [0.1, 0.15) is 76.2 Å². The van der Waals surface area contributed by atoms with E-state index in [2.05, 4.69) is 5.32 Å². The van der Waals surface area contributed by atoms with Gasteiger partial charge < -0.3 is 76.4 Å². The maximum absolute atomic E-state index is 15.1. The Morgan fingerprint density at radius 2 is 0.848 bits per heavy atom. The van der Waals surface area contributed by atoms with Crippen molar-refractivity contribution in [3.05, 3.63) is 209 Å². The molecule has 1 N–H and O–H groups in total. The van der Waals surface area contributed by atoms with Gasteiger partial charge in [0.1, 0.15) is 61.3 Å². The fourth-order valence-electron chi connectivity index (χ4n) is 11.3. The summed E-state index contributed by atoms with van der Waals surface area (Å²) in [6.07, 6.45) is -22.6. The molecule has 0 radical (unpaired) electrons. The molecule has 15 atom stereocenters. The average Bonchev–Trinajstić information content (AvgIpc) is 0.764. The molecule has 6 aromatic rings. The van der Waals surface area contributed by atoms with Gasteiger partial charge in [-0.15, -0.1) is 0 Å². The van der Waals surface area contributed by atoms with E-state index >= 15 is 4.79 Å². The number of rotatable bonds is 28. The normalized spacial score (nSPS) is 25.2. The summed E-state index contributed by atoms with van der Waals surface area (Å²) in [7, 11) is 0. The van der Waals surface area contributed by atoms with Crippen LogP contribution in [0.2, 0.25) is 0 Å². The first-order valence-corrected chi connectivity index (χ1v) is 33.6. The van der Waals surface area contributed by atoms with Gasteiger partial charge in [0.25, 0.3) is 0 Å². The minimum atomic E-state index is -2.07. The molecule has 3 aliphatic heterocycles. The number of esters is 6. The Morgan fingerprint density at radius 1 is 0.434 bits per heavy atom. The van der Waals surface area contributed by atoms with Crippen LogP contribution in [0.5, 0.6) is 0 Å². The van der Waals surface area contributed by atoms with E-state index in [9.17, 15) is 28.8 Å². The smallest absolute Gasteiger partial charge is 0.407 e. The molecule has 1 amide bonds. The number of alkyl carbamates (subject to hydrolysis) is 1. The number of nitrogens with one attached hydrogen (secondary N) is 1. The lowest BCUT2D eigenvalue weighted by atomic mass is 9.94. The maximum atomic E-state index is 15.1. The highest BCUT2D eigenvalue weighted by molar-refractivity contribution is 8.00. The average molecular weight is 1450 g/mol. The van der Waals surface area contributed by atoms with E-state index in [1.165, 1.54) is 36.0 Å². The second kappa shape index (κ2) is 36.6. The van der Waals surface area contributed by atoms with Gasteiger partial charge in [-0.25, -0.2) is 14.4 Å². The lowest BCUT2D eigenvalue weighted by Crippen LogP contribution is -2.69. The van der Waals surface area contributed by atoms with Crippen LogP contribution < -0.4 is 5.32 Å². The quantitative estimate of drug-likeness (QED) is 0.0272. The molecule has 23 nitrogen and oxygen atoms in total. The van der Waals surface area contributed by atoms with Crippen molar-refractivity contribution in [3.8, 4) is 0 Å². The summed E-state index contributed by atoms with van der Waals surface area (Å²) >= 11 is 19.6. The van der Waals surface area contributed by atoms with Gasteiger partial charge in [-0.1, -0.05) is 192 Å². The van der Waals surface area contributed by atoms with Crippen LogP contribution in [-0.4, -0.2) is 163 Å². The minimum Gasteiger partial charge on any atom is -0.463 e. The fourth-order valence-corrected chi connectivity index (χ4v) is 12.7. The van der Waals surface area contributed by atoms with E-state index in [0.29, 0.717) is 5.56 Å². The Hall–Kier alpha value is -7.69. The van der Waals surface area contributed by atoms with Crippen LogP contribution in [0.3, 0.4) is 0 Å². The first kappa shape index (κ1) is 75.5. The molecular formula is C72H76Cl3NO22S. The van der Waals surface area contributed by atoms with E-state index in [1.54, 1.807) is 66.7 Å². The summed E-state index contributed by atoms with van der Waals surface area (Å²) in [6, 6.07) is 47.5. The molecule has 0 aliphatic carbocycles. The molecule has 9 rings (SSSR count). The Bertz CT molecular complexity index is 3600. The predicted octanol–water partition coefficient (Wildman–Crippen LogP) is 10.6. The largest absolute Gasteiger partial charge is 0.463 e. The van der Waals surface area contributed by atoms with Crippen molar-refractivity contribution in [2.45, 2.75) is 161 Å². The first-order valence-electron chi connectivity index (χ1n) is 31.6. The zero-order valence-electron chi connectivity index (χ0n) is 54.8. The van der Waals surface area contributed by atoms with Gasteiger partial charge in [-0.3, -0.25) is 19.2 Å². The number of carbonyl (C=O) groups excluding carboxylic acids is 7. The van der Waals surface area contributed by atoms with Gasteiger partial charge >= 0.3 is 41.9 Å². The SMILES string of the molecule is CC(=O)OC[C@H]1O[C@@H](O[C@@H]2[C@H](OCc3ccccc3)[C@@H](OC(=O)c3ccccc3)[C@H](O[C@H]3[C@H](OC(=O)c4ccccc4)[C@@H](NC(=O)OCC(Cl)(Cl)Cl)[C@H](Sc4c(C)cccc4C)O[C@@H]3COCc3ccccc3)O[C@@H]2COCc2ccccc2)[C@H](OC(C)=O)[C@@H](OC(C)=O)[C@H]1OC(C)=O. The topological polar surface area (TPSA) is 270 Å². The summed E-state index contributed by atoms with van der Waals surface area (Å²) in [5.74, 6) is -5.32. The second-order valence-electron chi connectivity index (χ2n) is 23.3. The van der Waals surface area contributed by atoms with Crippen molar-refractivity contribution in [3.63, 3.8) is 0 Å². The number of amides is 1. The molecule has 0 spiro atoms. The number of thioether (sulfide) groups is 1. The molecular weight excluding hydrogens is 1370 g/mol. The van der Waals surface area contributed by atoms with E-state index in [0.717, 1.165) is 54.8 Å². The van der Waals surface area contributed by atoms with Crippen molar-refractivity contribution in [2.75, 3.05) is 26.4 Å². The van der Waals surface area contributed by atoms with Gasteiger partial charge in [0.15, 0.2) is 43.1 Å². The highest BCUT2D eigenvalue weighted by atomic mass is 35.6. The molecule has 6 aromatic carbocycles. The number of hydrogen-bond acceptors (Lipinski definition) is 23. The van der Waals surface area contributed by atoms with E-state index in [1.807, 2.05) is 92.7 Å². The van der Waals surface area contributed by atoms with Crippen molar-refractivity contribution >= 4 is 88.5 Å². The number of halogens is 3. The van der Waals surface area contributed by atoms with Crippen LogP contribution >= 0.6 is 46.6 Å². The van der Waals surface area contributed by atoms with E-state index < -0.39 is 157 Å². The summed E-state index contributed by atoms with van der Waals surface area (Å²) in [4.78, 5) is 97.1. The fraction of sp³-hybridized carbons (Fsp3) is 0.403. The third kappa shape index (κ3) is 22.2. The van der Waals surface area contributed by atoms with Gasteiger partial charge in [0.2, 0.25) is 3.79 Å². The summed E-state index contributed by atoms with van der Waals surface area (Å²) in [6.45, 7) is 5.85. The van der Waals surface area contributed by atoms with E-state index in [4.69, 9.17) is 106 Å². The standard InChI is InChI=1S/C72H76Cl3NO22S/c1-42-23-22-24-43(2)65(42)99-70-56(76-71(83)88-41-72(73,74)75)60(95-66(81)51-31-18-10-19-32-51)57(54(94-70)39-85-36-49-27-14-8-15-28-49)97-68-63(96-67(82)52-33-20-11-21-34-52)61(87-37-50-29-16-9-17-30-50)58(53(92-68)38-84-35-48-25-12-7-13-26-48)98-69-64(91-47(6)80)62(90-46(5)79)59(89-45(4)78)55(93-69)40-86-44(3)77/h7-34,53-64,68-70H,35-41H2,1-6H3,(H,76,83)/t53-,54-,55-,56-,57-,58+,59+,60-,61+,62+,63-,64-,68+,69+,70+/m1/s1. The van der Waals surface area contributed by atoms with E-state index in [-0.39, 0.29) is 37.6 Å². The molecule has 27 heteroatoms. The van der Waals surface area contributed by atoms with Crippen LogP contribution in [0.25, 0.3) is 0 Å². The summed E-state index contributed by atoms with van der Waals surface area (Å²) < 4.78 is 95.2. The zero-order valence-corrected chi connectivity index (χ0v) is 57.9. The lowest BCUT2D eigenvalue weighted by Gasteiger charge is -2.51. The van der Waals surface area contributed by atoms with Gasteiger partial charge in [-0.2, -0.15) is 0 Å². The van der Waals surface area contributed by atoms with Crippen molar-refractivity contribution in [2.24, 2.45) is 0 Å². The number of carbonyl (C=O) groups is 7. The molecule has 99 heavy (non-hydrogen) atoms. The maximum Gasteiger partial charge on any atom is 0.407 e. The van der Waals surface area contributed by atoms with Crippen LogP contribution in [0.4, 0.5) is 4.79 Å². The highest BCUT2D eigenvalue weighted by Crippen LogP contribution is 2.42. The Kier molecular flexibility index (Phi) is 27.9. The Balaban J connectivity index is 1.24. The monoisotopic (exact) mass is 1440 g/mol. The van der Waals surface area contributed by atoms with Crippen molar-refractivity contribution in [1.82, 2.24) is 5.32 Å². The van der Waals surface area contributed by atoms with Crippen molar-refractivity contribution in [1.29, 1.82) is 0 Å². The molecule has 0 saturated carbocycles.